The van der Waals surface area contributed by atoms with Crippen molar-refractivity contribution < 1.29 is 27.9 Å². The van der Waals surface area contributed by atoms with E-state index < -0.39 is 35.0 Å². The van der Waals surface area contributed by atoms with E-state index in [9.17, 15) is 27.9 Å². The van der Waals surface area contributed by atoms with Crippen molar-refractivity contribution in [3.05, 3.63) is 69.2 Å². The van der Waals surface area contributed by atoms with E-state index in [0.717, 1.165) is 22.7 Å². The van der Waals surface area contributed by atoms with Crippen LogP contribution >= 0.6 is 23.4 Å². The molecule has 1 aromatic heterocycles. The average Bonchev–Trinajstić information content (AvgIpc) is 3.34. The van der Waals surface area contributed by atoms with Gasteiger partial charge in [-0.05, 0) is 66.2 Å². The minimum Gasteiger partial charge on any atom is -0.391 e. The third kappa shape index (κ3) is 4.75. The van der Waals surface area contributed by atoms with Crippen LogP contribution in [0.2, 0.25) is 5.02 Å². The number of carbonyl (C=O) groups excluding carboxylic acids is 2. The fourth-order valence-corrected chi connectivity index (χ4v) is 5.50. The zero-order valence-electron chi connectivity index (χ0n) is 18.6. The minimum absolute atomic E-state index is 0.000265. The van der Waals surface area contributed by atoms with Crippen LogP contribution < -0.4 is 5.32 Å². The molecule has 2 atom stereocenters. The monoisotopic (exact) mass is 536 g/mol. The first-order chi connectivity index (χ1) is 17.1. The van der Waals surface area contributed by atoms with Crippen molar-refractivity contribution in [3.8, 4) is 0 Å². The number of rotatable bonds is 4. The average molecular weight is 537 g/mol. The van der Waals surface area contributed by atoms with Crippen LogP contribution in [0.15, 0.2) is 47.5 Å². The van der Waals surface area contributed by atoms with Gasteiger partial charge in [0.1, 0.15) is 0 Å². The number of fused-ring (bicyclic) bond motifs is 1. The second-order valence-electron chi connectivity index (χ2n) is 8.60. The fraction of sp³-hybridized carbons (Fsp3) is 0.292. The van der Waals surface area contributed by atoms with Crippen LogP contribution in [0.25, 0.3) is 17.0 Å². The number of benzene rings is 2. The maximum Gasteiger partial charge on any atom is 0.416 e. The number of aromatic nitrogens is 2. The molecule has 2 fully saturated rings. The van der Waals surface area contributed by atoms with E-state index in [0.29, 0.717) is 36.0 Å². The Morgan fingerprint density at radius 2 is 2.03 bits per heavy atom. The Morgan fingerprint density at radius 3 is 2.78 bits per heavy atom. The molecule has 2 N–H and O–H groups in total. The van der Waals surface area contributed by atoms with E-state index in [4.69, 9.17) is 11.6 Å². The zero-order valence-corrected chi connectivity index (χ0v) is 20.2. The molecule has 0 aliphatic carbocycles. The number of nitrogens with one attached hydrogen (secondary N) is 1. The van der Waals surface area contributed by atoms with Gasteiger partial charge in [0, 0.05) is 17.0 Å². The van der Waals surface area contributed by atoms with Crippen molar-refractivity contribution in [2.45, 2.75) is 31.3 Å². The molecule has 2 aliphatic heterocycles. The summed E-state index contributed by atoms with van der Waals surface area (Å²) in [6.07, 6.45) is -1.76. The van der Waals surface area contributed by atoms with Crippen LogP contribution in [0.1, 0.15) is 23.1 Å². The van der Waals surface area contributed by atoms with Gasteiger partial charge >= 0.3 is 6.18 Å². The fourth-order valence-electron chi connectivity index (χ4n) is 4.44. The van der Waals surface area contributed by atoms with Crippen molar-refractivity contribution in [2.75, 3.05) is 13.1 Å². The number of amides is 2. The number of carbonyl (C=O) groups is 2. The van der Waals surface area contributed by atoms with Crippen molar-refractivity contribution in [1.82, 2.24) is 20.0 Å². The topological polar surface area (TPSA) is 87.5 Å². The third-order valence-electron chi connectivity index (χ3n) is 6.23. The van der Waals surface area contributed by atoms with Gasteiger partial charge in [0.25, 0.3) is 11.1 Å². The number of hydrogen-bond donors (Lipinski definition) is 2. The molecule has 0 saturated carbocycles. The van der Waals surface area contributed by atoms with Gasteiger partial charge in [-0.2, -0.15) is 18.3 Å². The summed E-state index contributed by atoms with van der Waals surface area (Å²) >= 11 is 6.58. The molecule has 2 unspecified atom stereocenters. The molecule has 0 spiro atoms. The van der Waals surface area contributed by atoms with Gasteiger partial charge < -0.3 is 10.4 Å². The largest absolute Gasteiger partial charge is 0.416 e. The number of nitrogens with zero attached hydrogens (tertiary/aromatic N) is 3. The Morgan fingerprint density at radius 1 is 1.22 bits per heavy atom. The van der Waals surface area contributed by atoms with E-state index in [-0.39, 0.29) is 22.0 Å². The van der Waals surface area contributed by atoms with Crippen LogP contribution in [-0.2, 0) is 17.5 Å². The Kier molecular flexibility index (Phi) is 6.58. The second-order valence-corrected chi connectivity index (χ2v) is 10.0. The lowest BCUT2D eigenvalue weighted by molar-refractivity contribution is -0.138. The van der Waals surface area contributed by atoms with Crippen molar-refractivity contribution in [1.29, 1.82) is 0 Å². The van der Waals surface area contributed by atoms with Crippen LogP contribution in [-0.4, -0.2) is 56.2 Å². The summed E-state index contributed by atoms with van der Waals surface area (Å²) < 4.78 is 41.9. The highest BCUT2D eigenvalue weighted by atomic mass is 35.5. The van der Waals surface area contributed by atoms with Gasteiger partial charge in [0.05, 0.1) is 40.9 Å². The summed E-state index contributed by atoms with van der Waals surface area (Å²) in [4.78, 5) is 26.8. The molecule has 0 bridgehead atoms. The number of aliphatic hydroxyl groups excluding tert-OH is 1. The van der Waals surface area contributed by atoms with E-state index in [1.165, 1.54) is 23.0 Å². The number of imide groups is 1. The van der Waals surface area contributed by atoms with Crippen LogP contribution in [0.4, 0.5) is 18.0 Å². The second kappa shape index (κ2) is 9.55. The maximum atomic E-state index is 13.5. The highest BCUT2D eigenvalue weighted by molar-refractivity contribution is 8.18. The lowest BCUT2D eigenvalue weighted by atomic mass is 10.0. The number of alkyl halides is 3. The number of piperidine rings is 1. The summed E-state index contributed by atoms with van der Waals surface area (Å²) in [5.74, 6) is -0.462. The highest BCUT2D eigenvalue weighted by Gasteiger charge is 2.43. The smallest absolute Gasteiger partial charge is 0.391 e. The zero-order chi connectivity index (χ0) is 25.6. The Balaban J connectivity index is 1.40. The van der Waals surface area contributed by atoms with Crippen LogP contribution in [0, 0.1) is 0 Å². The molecule has 3 aromatic rings. The molecule has 7 nitrogen and oxygen atoms in total. The molecule has 2 aromatic carbocycles. The first-order valence-corrected chi connectivity index (χ1v) is 12.3. The minimum atomic E-state index is -4.55. The Hall–Kier alpha value is -2.86. The lowest BCUT2D eigenvalue weighted by Gasteiger charge is -2.33. The van der Waals surface area contributed by atoms with E-state index in [2.05, 4.69) is 10.4 Å². The molecule has 3 heterocycles. The molecule has 2 saturated heterocycles. The first kappa shape index (κ1) is 24.8. The Bertz CT molecular complexity index is 1390. The maximum absolute atomic E-state index is 13.5. The van der Waals surface area contributed by atoms with Gasteiger partial charge in [-0.3, -0.25) is 19.2 Å². The molecule has 36 heavy (non-hydrogen) atoms. The predicted molar refractivity (Wildman–Crippen MR) is 130 cm³/mol. The molecule has 2 amide bonds. The number of halogens is 4. The Labute approximate surface area is 212 Å². The highest BCUT2D eigenvalue weighted by Crippen LogP contribution is 2.36. The third-order valence-corrected chi connectivity index (χ3v) is 7.35. The quantitative estimate of drug-likeness (QED) is 0.477. The van der Waals surface area contributed by atoms with Gasteiger partial charge in [-0.25, -0.2) is 0 Å². The van der Waals surface area contributed by atoms with Crippen molar-refractivity contribution in [2.24, 2.45) is 0 Å². The van der Waals surface area contributed by atoms with Gasteiger partial charge in [0.2, 0.25) is 0 Å². The van der Waals surface area contributed by atoms with E-state index in [1.807, 2.05) is 0 Å². The van der Waals surface area contributed by atoms with Crippen molar-refractivity contribution >= 4 is 51.5 Å². The standard InChI is InChI=1S/C24H20ClF3N4O3S/c25-16-3-2-14(17(9-16)24(26,27)28)12-31-18-4-1-13(7-15(18)10-30-31)8-21-22(34)32(23(35)36-21)19-11-29-6-5-20(19)33/h1-4,7-10,19-20,29,33H,5-6,11-12H2. The molecule has 5 rings (SSSR count). The number of thioether (sulfide) groups is 1. The summed E-state index contributed by atoms with van der Waals surface area (Å²) in [6, 6.07) is 8.18. The summed E-state index contributed by atoms with van der Waals surface area (Å²) in [5.41, 5.74) is 0.468. The summed E-state index contributed by atoms with van der Waals surface area (Å²) in [5, 5.41) is 17.8. The molecule has 12 heteroatoms. The van der Waals surface area contributed by atoms with Gasteiger partial charge in [0.15, 0.2) is 0 Å². The first-order valence-electron chi connectivity index (χ1n) is 11.1. The molecular weight excluding hydrogens is 517 g/mol. The normalized spacial score (nSPS) is 22.2. The summed E-state index contributed by atoms with van der Waals surface area (Å²) in [7, 11) is 0. The molecule has 0 radical (unpaired) electrons. The van der Waals surface area contributed by atoms with Crippen LogP contribution in [0.5, 0.6) is 0 Å². The van der Waals surface area contributed by atoms with Gasteiger partial charge in [-0.1, -0.05) is 23.7 Å². The summed E-state index contributed by atoms with van der Waals surface area (Å²) in [6.45, 7) is 0.847. The lowest BCUT2D eigenvalue weighted by Crippen LogP contribution is -2.55. The molecular formula is C24H20ClF3N4O3S. The van der Waals surface area contributed by atoms with Crippen LogP contribution in [0.3, 0.4) is 0 Å². The predicted octanol–water partition coefficient (Wildman–Crippen LogP) is 4.52. The van der Waals surface area contributed by atoms with Gasteiger partial charge in [-0.15, -0.1) is 0 Å². The number of aliphatic hydroxyl groups is 1. The number of hydrogen-bond acceptors (Lipinski definition) is 6. The molecule has 2 aliphatic rings. The van der Waals surface area contributed by atoms with Crippen molar-refractivity contribution in [3.63, 3.8) is 0 Å². The molecule has 188 valence electrons. The SMILES string of the molecule is O=C1SC(=Cc2ccc3c(cnn3Cc3ccc(Cl)cc3C(F)(F)F)c2)C(=O)N1C1CNCCC1O. The van der Waals surface area contributed by atoms with E-state index >= 15 is 0 Å². The van der Waals surface area contributed by atoms with E-state index in [1.54, 1.807) is 24.3 Å².